The molecule has 0 aliphatic heterocycles. The molecule has 0 saturated carbocycles. The number of para-hydroxylation sites is 1. The van der Waals surface area contributed by atoms with Crippen LogP contribution in [-0.4, -0.2) is 15.1 Å². The van der Waals surface area contributed by atoms with Crippen molar-refractivity contribution in [3.63, 3.8) is 0 Å². The molecule has 0 fully saturated rings. The zero-order valence-corrected chi connectivity index (χ0v) is 9.91. The Labute approximate surface area is 109 Å². The van der Waals surface area contributed by atoms with Gasteiger partial charge >= 0.3 is 0 Å². The van der Waals surface area contributed by atoms with Crippen LogP contribution in [0, 0.1) is 11.3 Å². The van der Waals surface area contributed by atoms with Gasteiger partial charge < -0.3 is 5.11 Å². The van der Waals surface area contributed by atoms with Crippen LogP contribution in [0.1, 0.15) is 5.69 Å². The fourth-order valence-corrected chi connectivity index (χ4v) is 1.99. The first-order valence-electron chi connectivity index (χ1n) is 5.74. The van der Waals surface area contributed by atoms with E-state index in [1.54, 1.807) is 18.3 Å². The predicted octanol–water partition coefficient (Wildman–Crippen LogP) is 2.87. The van der Waals surface area contributed by atoms with Gasteiger partial charge in [-0.1, -0.05) is 18.2 Å². The fourth-order valence-electron chi connectivity index (χ4n) is 1.99. The Morgan fingerprint density at radius 3 is 2.74 bits per heavy atom. The maximum Gasteiger partial charge on any atom is 0.150 e. The maximum atomic E-state index is 9.86. The van der Waals surface area contributed by atoms with Crippen molar-refractivity contribution >= 4 is 10.9 Å². The van der Waals surface area contributed by atoms with Gasteiger partial charge in [0.25, 0.3) is 0 Å². The van der Waals surface area contributed by atoms with Gasteiger partial charge in [-0.2, -0.15) is 5.26 Å². The smallest absolute Gasteiger partial charge is 0.150 e. The summed E-state index contributed by atoms with van der Waals surface area (Å²) < 4.78 is 0. The normalized spacial score (nSPS) is 10.3. The lowest BCUT2D eigenvalue weighted by Gasteiger charge is -2.06. The first-order valence-corrected chi connectivity index (χ1v) is 5.74. The van der Waals surface area contributed by atoms with Crippen LogP contribution in [0.25, 0.3) is 22.2 Å². The Balaban J connectivity index is 2.35. The molecule has 2 heterocycles. The number of nitriles is 1. The lowest BCUT2D eigenvalue weighted by molar-refractivity contribution is 0.475. The molecule has 1 aromatic carbocycles. The highest BCUT2D eigenvalue weighted by molar-refractivity contribution is 5.86. The summed E-state index contributed by atoms with van der Waals surface area (Å²) in [6.07, 6.45) is 1.57. The van der Waals surface area contributed by atoms with Gasteiger partial charge in [0.1, 0.15) is 17.5 Å². The van der Waals surface area contributed by atoms with Crippen LogP contribution in [-0.2, 0) is 0 Å². The molecule has 3 rings (SSSR count). The van der Waals surface area contributed by atoms with E-state index < -0.39 is 0 Å². The molecule has 0 unspecified atom stereocenters. The van der Waals surface area contributed by atoms with Gasteiger partial charge in [-0.15, -0.1) is 0 Å². The van der Waals surface area contributed by atoms with E-state index in [0.717, 1.165) is 10.9 Å². The molecule has 3 aromatic rings. The van der Waals surface area contributed by atoms with Gasteiger partial charge in [0.05, 0.1) is 5.52 Å². The molecule has 0 bridgehead atoms. The molecule has 4 heteroatoms. The Bertz CT molecular complexity index is 806. The van der Waals surface area contributed by atoms with Crippen LogP contribution in [0.4, 0.5) is 0 Å². The predicted molar refractivity (Wildman–Crippen MR) is 71.4 cm³/mol. The van der Waals surface area contributed by atoms with Crippen LogP contribution in [0.2, 0.25) is 0 Å². The van der Waals surface area contributed by atoms with E-state index in [4.69, 9.17) is 0 Å². The SMILES string of the molecule is N#Cc1nc2ccccc2cc1-c1ncccc1O. The summed E-state index contributed by atoms with van der Waals surface area (Å²) in [4.78, 5) is 8.42. The Hall–Kier alpha value is -2.93. The van der Waals surface area contributed by atoms with Gasteiger partial charge in [-0.05, 0) is 24.3 Å². The van der Waals surface area contributed by atoms with E-state index in [9.17, 15) is 10.4 Å². The second-order valence-electron chi connectivity index (χ2n) is 4.06. The van der Waals surface area contributed by atoms with Gasteiger partial charge in [-0.25, -0.2) is 4.98 Å². The quantitative estimate of drug-likeness (QED) is 0.717. The van der Waals surface area contributed by atoms with Gasteiger partial charge in [0.2, 0.25) is 0 Å². The number of hydrogen-bond acceptors (Lipinski definition) is 4. The molecular formula is C15H9N3O. The number of fused-ring (bicyclic) bond motifs is 1. The summed E-state index contributed by atoms with van der Waals surface area (Å²) in [7, 11) is 0. The standard InChI is InChI=1S/C15H9N3O/c16-9-13-11(15-14(19)6-3-7-17-15)8-10-4-1-2-5-12(10)18-13/h1-8,19H. The van der Waals surface area contributed by atoms with E-state index in [1.165, 1.54) is 0 Å². The number of aromatic hydroxyl groups is 1. The fraction of sp³-hybridized carbons (Fsp3) is 0. The van der Waals surface area contributed by atoms with Crippen molar-refractivity contribution in [2.75, 3.05) is 0 Å². The molecule has 0 saturated heterocycles. The molecule has 19 heavy (non-hydrogen) atoms. The summed E-state index contributed by atoms with van der Waals surface area (Å²) in [5.74, 6) is 0.0380. The Kier molecular flexibility index (Phi) is 2.58. The molecule has 0 radical (unpaired) electrons. The van der Waals surface area contributed by atoms with Crippen molar-refractivity contribution < 1.29 is 5.11 Å². The molecule has 0 amide bonds. The van der Waals surface area contributed by atoms with Crippen LogP contribution in [0.5, 0.6) is 5.75 Å². The highest BCUT2D eigenvalue weighted by Crippen LogP contribution is 2.30. The number of rotatable bonds is 1. The number of hydrogen-bond donors (Lipinski definition) is 1. The van der Waals surface area contributed by atoms with Crippen molar-refractivity contribution in [2.45, 2.75) is 0 Å². The van der Waals surface area contributed by atoms with Gasteiger partial charge in [-0.3, -0.25) is 4.98 Å². The van der Waals surface area contributed by atoms with Crippen LogP contribution in [0.15, 0.2) is 48.7 Å². The van der Waals surface area contributed by atoms with E-state index >= 15 is 0 Å². The highest BCUT2D eigenvalue weighted by Gasteiger charge is 2.12. The first-order chi connectivity index (χ1) is 9.29. The maximum absolute atomic E-state index is 9.86. The molecule has 0 atom stereocenters. The topological polar surface area (TPSA) is 69.8 Å². The van der Waals surface area contributed by atoms with E-state index in [2.05, 4.69) is 16.0 Å². The first kappa shape index (κ1) is 11.2. The van der Waals surface area contributed by atoms with E-state index in [-0.39, 0.29) is 11.4 Å². The lowest BCUT2D eigenvalue weighted by Crippen LogP contribution is -1.93. The molecule has 4 nitrogen and oxygen atoms in total. The number of nitrogens with zero attached hydrogens (tertiary/aromatic N) is 3. The van der Waals surface area contributed by atoms with Crippen molar-refractivity contribution in [1.82, 2.24) is 9.97 Å². The number of pyridine rings is 2. The van der Waals surface area contributed by atoms with Crippen LogP contribution < -0.4 is 0 Å². The van der Waals surface area contributed by atoms with Crippen LogP contribution >= 0.6 is 0 Å². The van der Waals surface area contributed by atoms with Crippen molar-refractivity contribution in [2.24, 2.45) is 0 Å². The zero-order valence-electron chi connectivity index (χ0n) is 9.91. The van der Waals surface area contributed by atoms with Gasteiger partial charge in [0.15, 0.2) is 5.69 Å². The monoisotopic (exact) mass is 247 g/mol. The Morgan fingerprint density at radius 2 is 1.95 bits per heavy atom. The third kappa shape index (κ3) is 1.87. The molecule has 0 aliphatic rings. The summed E-state index contributed by atoms with van der Waals surface area (Å²) >= 11 is 0. The van der Waals surface area contributed by atoms with E-state index in [1.807, 2.05) is 30.3 Å². The molecule has 1 N–H and O–H groups in total. The zero-order chi connectivity index (χ0) is 13.2. The van der Waals surface area contributed by atoms with Crippen LogP contribution in [0.3, 0.4) is 0 Å². The third-order valence-electron chi connectivity index (χ3n) is 2.87. The largest absolute Gasteiger partial charge is 0.506 e. The average Bonchev–Trinajstić information content (AvgIpc) is 2.46. The molecule has 2 aromatic heterocycles. The molecule has 90 valence electrons. The minimum Gasteiger partial charge on any atom is -0.506 e. The average molecular weight is 247 g/mol. The van der Waals surface area contributed by atoms with Gasteiger partial charge in [0, 0.05) is 17.1 Å². The van der Waals surface area contributed by atoms with Crippen molar-refractivity contribution in [3.05, 3.63) is 54.4 Å². The third-order valence-corrected chi connectivity index (χ3v) is 2.87. The van der Waals surface area contributed by atoms with E-state index in [0.29, 0.717) is 11.3 Å². The minimum atomic E-state index is 0.0380. The Morgan fingerprint density at radius 1 is 1.11 bits per heavy atom. The number of aromatic nitrogens is 2. The minimum absolute atomic E-state index is 0.0380. The lowest BCUT2D eigenvalue weighted by atomic mass is 10.1. The summed E-state index contributed by atoms with van der Waals surface area (Å²) in [6, 6.07) is 14.6. The molecular weight excluding hydrogens is 238 g/mol. The second kappa shape index (κ2) is 4.39. The second-order valence-corrected chi connectivity index (χ2v) is 4.06. The van der Waals surface area contributed by atoms with Crippen molar-refractivity contribution in [3.8, 4) is 23.1 Å². The number of benzene rings is 1. The summed E-state index contributed by atoms with van der Waals surface area (Å²) in [5, 5.41) is 20.0. The molecule has 0 aliphatic carbocycles. The molecule has 0 spiro atoms. The highest BCUT2D eigenvalue weighted by atomic mass is 16.3. The van der Waals surface area contributed by atoms with Crippen molar-refractivity contribution in [1.29, 1.82) is 5.26 Å². The summed E-state index contributed by atoms with van der Waals surface area (Å²) in [5.41, 5.74) is 1.92. The summed E-state index contributed by atoms with van der Waals surface area (Å²) in [6.45, 7) is 0.